The van der Waals surface area contributed by atoms with Crippen LogP contribution in [0.15, 0.2) is 36.4 Å². The molecule has 0 aliphatic heterocycles. The molecule has 0 heterocycles. The van der Waals surface area contributed by atoms with Crippen LogP contribution in [0.3, 0.4) is 0 Å². The molecule has 0 amide bonds. The number of methoxy groups -OCH3 is 1. The molecule has 2 aromatic rings. The van der Waals surface area contributed by atoms with Crippen molar-refractivity contribution in [2.24, 2.45) is 0 Å². The number of unbranched alkanes of at least 4 members (excludes halogenated alkanes) is 2. The minimum absolute atomic E-state index is 0.599. The van der Waals surface area contributed by atoms with Gasteiger partial charge in [-0.1, -0.05) is 44.0 Å². The molecule has 0 unspecified atom stereocenters. The third-order valence-electron chi connectivity index (χ3n) is 4.39. The van der Waals surface area contributed by atoms with Crippen LogP contribution < -0.4 is 9.47 Å². The Morgan fingerprint density at radius 1 is 0.783 bits per heavy atom. The quantitative estimate of drug-likeness (QED) is 0.589. The fourth-order valence-corrected chi connectivity index (χ4v) is 2.69. The topological polar surface area (TPSA) is 18.5 Å². The maximum absolute atomic E-state index is 5.99. The minimum atomic E-state index is 0.599. The lowest BCUT2D eigenvalue weighted by atomic mass is 10.1. The number of benzene rings is 2. The summed E-state index contributed by atoms with van der Waals surface area (Å²) in [5.74, 6) is 1.83. The highest BCUT2D eigenvalue weighted by molar-refractivity contribution is 5.47. The van der Waals surface area contributed by atoms with Crippen LogP contribution in [0.2, 0.25) is 0 Å². The third-order valence-corrected chi connectivity index (χ3v) is 4.39. The van der Waals surface area contributed by atoms with Crippen molar-refractivity contribution < 1.29 is 9.47 Å². The highest BCUT2D eigenvalue weighted by Crippen LogP contribution is 2.29. The second-order valence-electron chi connectivity index (χ2n) is 6.08. The molecule has 0 N–H and O–H groups in total. The predicted molar refractivity (Wildman–Crippen MR) is 96.5 cm³/mol. The number of aryl methyl sites for hydroxylation is 1. The van der Waals surface area contributed by atoms with Gasteiger partial charge in [0.25, 0.3) is 0 Å². The SMILES string of the molecule is CCCCCc1ccc(COc2ccc(OC)c(C)c2C)cc1. The van der Waals surface area contributed by atoms with Crippen molar-refractivity contribution in [3.8, 4) is 11.5 Å². The first-order valence-electron chi connectivity index (χ1n) is 8.50. The van der Waals surface area contributed by atoms with Crippen LogP contribution in [-0.2, 0) is 13.0 Å². The van der Waals surface area contributed by atoms with Crippen molar-refractivity contribution in [1.29, 1.82) is 0 Å². The minimum Gasteiger partial charge on any atom is -0.496 e. The van der Waals surface area contributed by atoms with Crippen LogP contribution in [0.4, 0.5) is 0 Å². The van der Waals surface area contributed by atoms with Crippen molar-refractivity contribution in [3.05, 3.63) is 58.7 Å². The Hall–Kier alpha value is -1.96. The van der Waals surface area contributed by atoms with Gasteiger partial charge in [-0.25, -0.2) is 0 Å². The summed E-state index contributed by atoms with van der Waals surface area (Å²) in [7, 11) is 1.70. The molecule has 2 rings (SSSR count). The van der Waals surface area contributed by atoms with Crippen LogP contribution in [-0.4, -0.2) is 7.11 Å². The van der Waals surface area contributed by atoms with Crippen molar-refractivity contribution in [3.63, 3.8) is 0 Å². The van der Waals surface area contributed by atoms with Crippen LogP contribution in [0.1, 0.15) is 48.4 Å². The van der Waals surface area contributed by atoms with Gasteiger partial charge in [0.15, 0.2) is 0 Å². The molecule has 0 aliphatic rings. The first-order valence-corrected chi connectivity index (χ1v) is 8.50. The third kappa shape index (κ3) is 4.75. The van der Waals surface area contributed by atoms with E-state index in [1.807, 2.05) is 12.1 Å². The van der Waals surface area contributed by atoms with E-state index >= 15 is 0 Å². The van der Waals surface area contributed by atoms with Gasteiger partial charge in [0.2, 0.25) is 0 Å². The molecule has 0 saturated carbocycles. The Morgan fingerprint density at radius 2 is 1.39 bits per heavy atom. The predicted octanol–water partition coefficient (Wildman–Crippen LogP) is 5.62. The summed E-state index contributed by atoms with van der Waals surface area (Å²) in [6, 6.07) is 12.7. The molecular weight excluding hydrogens is 284 g/mol. The highest BCUT2D eigenvalue weighted by Gasteiger charge is 2.07. The lowest BCUT2D eigenvalue weighted by Gasteiger charge is -2.14. The summed E-state index contributed by atoms with van der Waals surface area (Å²) in [5, 5.41) is 0. The molecule has 0 aromatic heterocycles. The summed E-state index contributed by atoms with van der Waals surface area (Å²) in [6.45, 7) is 6.97. The Bertz CT molecular complexity index is 614. The summed E-state index contributed by atoms with van der Waals surface area (Å²) >= 11 is 0. The molecule has 2 heteroatoms. The molecule has 0 fully saturated rings. The Morgan fingerprint density at radius 3 is 2.04 bits per heavy atom. The zero-order valence-electron chi connectivity index (χ0n) is 14.8. The van der Waals surface area contributed by atoms with Crippen LogP contribution in [0.25, 0.3) is 0 Å². The van der Waals surface area contributed by atoms with Crippen molar-refractivity contribution in [2.75, 3.05) is 7.11 Å². The van der Waals surface area contributed by atoms with Gasteiger partial charge in [-0.05, 0) is 61.1 Å². The van der Waals surface area contributed by atoms with Gasteiger partial charge in [0, 0.05) is 0 Å². The molecule has 124 valence electrons. The van der Waals surface area contributed by atoms with Gasteiger partial charge >= 0.3 is 0 Å². The Kier molecular flexibility index (Phi) is 6.52. The van der Waals surface area contributed by atoms with E-state index in [1.165, 1.54) is 36.8 Å². The maximum Gasteiger partial charge on any atom is 0.123 e. The average molecular weight is 312 g/mol. The van der Waals surface area contributed by atoms with Crippen LogP contribution in [0.5, 0.6) is 11.5 Å². The van der Waals surface area contributed by atoms with Gasteiger partial charge in [-0.15, -0.1) is 0 Å². The van der Waals surface area contributed by atoms with Gasteiger partial charge in [0.1, 0.15) is 18.1 Å². The highest BCUT2D eigenvalue weighted by atomic mass is 16.5. The summed E-state index contributed by atoms with van der Waals surface area (Å²) in [6.07, 6.45) is 5.02. The Balaban J connectivity index is 1.94. The van der Waals surface area contributed by atoms with Crippen molar-refractivity contribution >= 4 is 0 Å². The van der Waals surface area contributed by atoms with Crippen molar-refractivity contribution in [1.82, 2.24) is 0 Å². The van der Waals surface area contributed by atoms with Crippen molar-refractivity contribution in [2.45, 2.75) is 53.1 Å². The summed E-state index contributed by atoms with van der Waals surface area (Å²) < 4.78 is 11.3. The second kappa shape index (κ2) is 8.61. The zero-order chi connectivity index (χ0) is 16.7. The monoisotopic (exact) mass is 312 g/mol. The molecule has 2 aromatic carbocycles. The second-order valence-corrected chi connectivity index (χ2v) is 6.08. The summed E-state index contributed by atoms with van der Waals surface area (Å²) in [5.41, 5.74) is 4.90. The van der Waals surface area contributed by atoms with Gasteiger partial charge in [0.05, 0.1) is 7.11 Å². The fourth-order valence-electron chi connectivity index (χ4n) is 2.69. The molecule has 0 saturated heterocycles. The lowest BCUT2D eigenvalue weighted by Crippen LogP contribution is -1.99. The van der Waals surface area contributed by atoms with Crippen LogP contribution >= 0.6 is 0 Å². The lowest BCUT2D eigenvalue weighted by molar-refractivity contribution is 0.303. The van der Waals surface area contributed by atoms with E-state index in [0.29, 0.717) is 6.61 Å². The number of hydrogen-bond acceptors (Lipinski definition) is 2. The van der Waals surface area contributed by atoms with E-state index in [4.69, 9.17) is 9.47 Å². The molecule has 0 bridgehead atoms. The number of hydrogen-bond donors (Lipinski definition) is 0. The van der Waals surface area contributed by atoms with E-state index < -0.39 is 0 Å². The van der Waals surface area contributed by atoms with Gasteiger partial charge < -0.3 is 9.47 Å². The molecule has 23 heavy (non-hydrogen) atoms. The van der Waals surface area contributed by atoms with Gasteiger partial charge in [-0.2, -0.15) is 0 Å². The van der Waals surface area contributed by atoms with Crippen LogP contribution in [0, 0.1) is 13.8 Å². The standard InChI is InChI=1S/C21H28O2/c1-5-6-7-8-18-9-11-19(12-10-18)15-23-21-14-13-20(22-4)16(2)17(21)3/h9-14H,5-8,15H2,1-4H3. The van der Waals surface area contributed by atoms with Gasteiger partial charge in [-0.3, -0.25) is 0 Å². The maximum atomic E-state index is 5.99. The van der Waals surface area contributed by atoms with E-state index in [9.17, 15) is 0 Å². The largest absolute Gasteiger partial charge is 0.496 e. The average Bonchev–Trinajstić information content (AvgIpc) is 2.58. The molecule has 0 aliphatic carbocycles. The van der Waals surface area contributed by atoms with E-state index in [2.05, 4.69) is 45.0 Å². The smallest absolute Gasteiger partial charge is 0.123 e. The summed E-state index contributed by atoms with van der Waals surface area (Å²) in [4.78, 5) is 0. The molecular formula is C21H28O2. The molecule has 0 spiro atoms. The van der Waals surface area contributed by atoms with E-state index in [-0.39, 0.29) is 0 Å². The molecule has 0 radical (unpaired) electrons. The molecule has 0 atom stereocenters. The number of ether oxygens (including phenoxy) is 2. The number of rotatable bonds is 8. The first-order chi connectivity index (χ1) is 11.2. The Labute approximate surface area is 140 Å². The van der Waals surface area contributed by atoms with E-state index in [0.717, 1.165) is 22.6 Å². The first kappa shape index (κ1) is 17.4. The fraction of sp³-hybridized carbons (Fsp3) is 0.429. The van der Waals surface area contributed by atoms with E-state index in [1.54, 1.807) is 7.11 Å². The normalized spacial score (nSPS) is 10.6. The molecule has 2 nitrogen and oxygen atoms in total. The zero-order valence-corrected chi connectivity index (χ0v) is 14.8.